The molecule has 0 radical (unpaired) electrons. The molecule has 0 bridgehead atoms. The molecule has 0 heterocycles. The number of methoxy groups -OCH3 is 1. The van der Waals surface area contributed by atoms with Gasteiger partial charge in [0.05, 0.1) is 7.11 Å². The fraction of sp³-hybridized carbons (Fsp3) is 0.176. The van der Waals surface area contributed by atoms with Gasteiger partial charge in [-0.05, 0) is 36.1 Å². The molecule has 18 heavy (non-hydrogen) atoms. The van der Waals surface area contributed by atoms with Crippen LogP contribution in [0.4, 0.5) is 0 Å². The Morgan fingerprint density at radius 2 is 1.72 bits per heavy atom. The number of hydrogen-bond acceptors (Lipinski definition) is 1. The summed E-state index contributed by atoms with van der Waals surface area (Å²) in [6.45, 7) is 2.19. The first-order chi connectivity index (χ1) is 8.79. The van der Waals surface area contributed by atoms with Crippen molar-refractivity contribution in [3.8, 4) is 16.9 Å². The average molecular weight is 236 g/mol. The van der Waals surface area contributed by atoms with Crippen molar-refractivity contribution in [3.63, 3.8) is 0 Å². The Balaban J connectivity index is 2.22. The van der Waals surface area contributed by atoms with Gasteiger partial charge in [0, 0.05) is 5.56 Å². The van der Waals surface area contributed by atoms with Crippen LogP contribution in [0.25, 0.3) is 17.2 Å². The van der Waals surface area contributed by atoms with Crippen LogP contribution in [-0.4, -0.2) is 7.11 Å². The number of allylic oxidation sites excluding steroid dienone is 1. The van der Waals surface area contributed by atoms with E-state index in [4.69, 9.17) is 4.74 Å². The molecule has 1 heteroatoms. The van der Waals surface area contributed by atoms with Gasteiger partial charge in [-0.1, -0.05) is 48.0 Å². The van der Waals surface area contributed by atoms with Crippen LogP contribution in [0, 0.1) is 0 Å². The normalized spacial score (nSPS) is 13.1. The fourth-order valence-corrected chi connectivity index (χ4v) is 2.64. The van der Waals surface area contributed by atoms with Crippen molar-refractivity contribution in [3.05, 3.63) is 59.2 Å². The van der Waals surface area contributed by atoms with E-state index in [0.717, 1.165) is 12.2 Å². The van der Waals surface area contributed by atoms with Crippen LogP contribution >= 0.6 is 0 Å². The molecule has 0 N–H and O–H groups in total. The zero-order valence-corrected chi connectivity index (χ0v) is 10.7. The van der Waals surface area contributed by atoms with Gasteiger partial charge in [0.15, 0.2) is 0 Å². The molecule has 0 saturated heterocycles. The lowest BCUT2D eigenvalue weighted by Crippen LogP contribution is -1.91. The Bertz CT molecular complexity index is 623. The first-order valence-corrected chi connectivity index (χ1v) is 6.22. The van der Waals surface area contributed by atoms with Gasteiger partial charge >= 0.3 is 0 Å². The Labute approximate surface area is 108 Å². The second kappa shape index (κ2) is 4.34. The maximum Gasteiger partial charge on any atom is 0.126 e. The summed E-state index contributed by atoms with van der Waals surface area (Å²) < 4.78 is 5.47. The number of ether oxygens (including phenoxy) is 1. The third kappa shape index (κ3) is 1.72. The van der Waals surface area contributed by atoms with Crippen LogP contribution < -0.4 is 4.74 Å². The monoisotopic (exact) mass is 236 g/mol. The van der Waals surface area contributed by atoms with Gasteiger partial charge in [-0.15, -0.1) is 0 Å². The summed E-state index contributed by atoms with van der Waals surface area (Å²) in [5.74, 6) is 0.934. The zero-order chi connectivity index (χ0) is 12.5. The minimum absolute atomic E-state index is 0.934. The van der Waals surface area contributed by atoms with Crippen molar-refractivity contribution in [1.29, 1.82) is 0 Å². The lowest BCUT2D eigenvalue weighted by atomic mass is 9.96. The largest absolute Gasteiger partial charge is 0.496 e. The SMILES string of the molecule is COc1ccccc1-c1cccc2c1C=C(C)C2. The van der Waals surface area contributed by atoms with Gasteiger partial charge in [0.2, 0.25) is 0 Å². The molecule has 0 amide bonds. The molecular weight excluding hydrogens is 220 g/mol. The van der Waals surface area contributed by atoms with Crippen molar-refractivity contribution in [2.24, 2.45) is 0 Å². The number of benzene rings is 2. The van der Waals surface area contributed by atoms with E-state index in [0.29, 0.717) is 0 Å². The summed E-state index contributed by atoms with van der Waals surface area (Å²) >= 11 is 0. The third-order valence-electron chi connectivity index (χ3n) is 3.45. The fourth-order valence-electron chi connectivity index (χ4n) is 2.64. The summed E-state index contributed by atoms with van der Waals surface area (Å²) in [4.78, 5) is 0. The van der Waals surface area contributed by atoms with E-state index in [-0.39, 0.29) is 0 Å². The molecule has 0 atom stereocenters. The van der Waals surface area contributed by atoms with Gasteiger partial charge in [-0.25, -0.2) is 0 Å². The van der Waals surface area contributed by atoms with Crippen molar-refractivity contribution in [2.45, 2.75) is 13.3 Å². The molecule has 2 aromatic rings. The Morgan fingerprint density at radius 3 is 2.56 bits per heavy atom. The first kappa shape index (κ1) is 11.1. The smallest absolute Gasteiger partial charge is 0.126 e. The second-order valence-electron chi connectivity index (χ2n) is 4.75. The molecule has 0 aromatic heterocycles. The van der Waals surface area contributed by atoms with Crippen LogP contribution in [0.5, 0.6) is 5.75 Å². The standard InChI is InChI=1S/C17H16O/c1-12-10-13-6-5-8-14(16(13)11-12)15-7-3-4-9-17(15)18-2/h3-9,11H,10H2,1-2H3. The molecule has 1 aliphatic rings. The summed E-state index contributed by atoms with van der Waals surface area (Å²) in [5.41, 5.74) is 6.62. The van der Waals surface area contributed by atoms with E-state index in [1.807, 2.05) is 12.1 Å². The molecular formula is C17H16O. The zero-order valence-electron chi connectivity index (χ0n) is 10.7. The molecule has 1 nitrogen and oxygen atoms in total. The molecule has 0 fully saturated rings. The predicted molar refractivity (Wildman–Crippen MR) is 75.8 cm³/mol. The van der Waals surface area contributed by atoms with Crippen molar-refractivity contribution in [1.82, 2.24) is 0 Å². The summed E-state index contributed by atoms with van der Waals surface area (Å²) in [6.07, 6.45) is 3.36. The van der Waals surface area contributed by atoms with E-state index >= 15 is 0 Å². The van der Waals surface area contributed by atoms with Crippen molar-refractivity contribution >= 4 is 6.08 Å². The van der Waals surface area contributed by atoms with Gasteiger partial charge < -0.3 is 4.74 Å². The summed E-state index contributed by atoms with van der Waals surface area (Å²) in [5, 5.41) is 0. The maximum absolute atomic E-state index is 5.47. The van der Waals surface area contributed by atoms with Gasteiger partial charge in [-0.2, -0.15) is 0 Å². The van der Waals surface area contributed by atoms with E-state index in [1.54, 1.807) is 7.11 Å². The maximum atomic E-state index is 5.47. The van der Waals surface area contributed by atoms with E-state index < -0.39 is 0 Å². The van der Waals surface area contributed by atoms with Crippen molar-refractivity contribution in [2.75, 3.05) is 7.11 Å². The highest BCUT2D eigenvalue weighted by molar-refractivity contribution is 5.83. The van der Waals surface area contributed by atoms with Crippen LogP contribution in [0.3, 0.4) is 0 Å². The lowest BCUT2D eigenvalue weighted by molar-refractivity contribution is 0.416. The van der Waals surface area contributed by atoms with E-state index in [1.165, 1.54) is 27.8 Å². The van der Waals surface area contributed by atoms with Crippen LogP contribution in [0.15, 0.2) is 48.0 Å². The average Bonchev–Trinajstić information content (AvgIpc) is 2.78. The highest BCUT2D eigenvalue weighted by Crippen LogP contribution is 2.37. The van der Waals surface area contributed by atoms with Crippen molar-refractivity contribution < 1.29 is 4.74 Å². The number of fused-ring (bicyclic) bond motifs is 1. The topological polar surface area (TPSA) is 9.23 Å². The van der Waals surface area contributed by atoms with Crippen LogP contribution in [0.2, 0.25) is 0 Å². The van der Waals surface area contributed by atoms with Gasteiger partial charge in [0.1, 0.15) is 5.75 Å². The molecule has 0 aliphatic heterocycles. The molecule has 2 aromatic carbocycles. The highest BCUT2D eigenvalue weighted by Gasteiger charge is 2.15. The molecule has 0 saturated carbocycles. The Kier molecular flexibility index (Phi) is 2.67. The molecule has 90 valence electrons. The van der Waals surface area contributed by atoms with Crippen LogP contribution in [-0.2, 0) is 6.42 Å². The van der Waals surface area contributed by atoms with Gasteiger partial charge in [-0.3, -0.25) is 0 Å². The second-order valence-corrected chi connectivity index (χ2v) is 4.75. The number of hydrogen-bond donors (Lipinski definition) is 0. The van der Waals surface area contributed by atoms with Crippen LogP contribution in [0.1, 0.15) is 18.1 Å². The highest BCUT2D eigenvalue weighted by atomic mass is 16.5. The predicted octanol–water partition coefficient (Wildman–Crippen LogP) is 4.32. The minimum Gasteiger partial charge on any atom is -0.496 e. The summed E-state index contributed by atoms with van der Waals surface area (Å²) in [7, 11) is 1.73. The molecule has 0 spiro atoms. The third-order valence-corrected chi connectivity index (χ3v) is 3.45. The lowest BCUT2D eigenvalue weighted by Gasteiger charge is -2.11. The summed E-state index contributed by atoms with van der Waals surface area (Å²) in [6, 6.07) is 14.7. The number of para-hydroxylation sites is 1. The molecule has 1 aliphatic carbocycles. The minimum atomic E-state index is 0.934. The Hall–Kier alpha value is -2.02. The molecule has 3 rings (SSSR count). The van der Waals surface area contributed by atoms with E-state index in [9.17, 15) is 0 Å². The quantitative estimate of drug-likeness (QED) is 0.754. The number of rotatable bonds is 2. The Morgan fingerprint density at radius 1 is 0.944 bits per heavy atom. The molecule has 0 unspecified atom stereocenters. The van der Waals surface area contributed by atoms with Gasteiger partial charge in [0.25, 0.3) is 0 Å². The first-order valence-electron chi connectivity index (χ1n) is 6.22. The van der Waals surface area contributed by atoms with E-state index in [2.05, 4.69) is 43.3 Å².